The summed E-state index contributed by atoms with van der Waals surface area (Å²) >= 11 is 0. The van der Waals surface area contributed by atoms with Gasteiger partial charge in [0.25, 0.3) is 0 Å². The molecular formula is C10H18NO2. The van der Waals surface area contributed by atoms with Crippen molar-refractivity contribution in [2.24, 2.45) is 5.92 Å². The minimum absolute atomic E-state index is 0.168. The van der Waals surface area contributed by atoms with E-state index in [0.29, 0.717) is 6.42 Å². The highest BCUT2D eigenvalue weighted by molar-refractivity contribution is 5.84. The monoisotopic (exact) mass is 184 g/mol. The van der Waals surface area contributed by atoms with Crippen molar-refractivity contribution >= 4 is 5.78 Å². The van der Waals surface area contributed by atoms with Gasteiger partial charge in [-0.05, 0) is 27.7 Å². The number of nitrogens with zero attached hydrogens (tertiary/aromatic N) is 1. The van der Waals surface area contributed by atoms with Crippen LogP contribution in [0.15, 0.2) is 0 Å². The van der Waals surface area contributed by atoms with Crippen LogP contribution in [0.2, 0.25) is 0 Å². The molecule has 0 aromatic carbocycles. The third kappa shape index (κ3) is 1.51. The van der Waals surface area contributed by atoms with E-state index < -0.39 is 11.1 Å². The Morgan fingerprint density at radius 2 is 1.77 bits per heavy atom. The maximum absolute atomic E-state index is 11.9. The van der Waals surface area contributed by atoms with Crippen molar-refractivity contribution in [3.05, 3.63) is 0 Å². The maximum atomic E-state index is 11.9. The highest BCUT2D eigenvalue weighted by atomic mass is 16.5. The average Bonchev–Trinajstić information content (AvgIpc) is 1.98. The zero-order valence-corrected chi connectivity index (χ0v) is 9.05. The van der Waals surface area contributed by atoms with Crippen molar-refractivity contribution in [2.75, 3.05) is 0 Å². The number of hydrogen-bond acceptors (Lipinski definition) is 2. The van der Waals surface area contributed by atoms with Crippen molar-refractivity contribution in [3.8, 4) is 0 Å². The average molecular weight is 184 g/mol. The molecular weight excluding hydrogens is 166 g/mol. The second-order valence-electron chi connectivity index (χ2n) is 5.13. The Morgan fingerprint density at radius 1 is 1.31 bits per heavy atom. The molecule has 1 rings (SSSR count). The summed E-state index contributed by atoms with van der Waals surface area (Å²) < 4.78 is 0. The van der Waals surface area contributed by atoms with Gasteiger partial charge < -0.3 is 0 Å². The summed E-state index contributed by atoms with van der Waals surface area (Å²) in [5.41, 5.74) is -1.12. The van der Waals surface area contributed by atoms with Gasteiger partial charge in [0.2, 0.25) is 0 Å². The van der Waals surface area contributed by atoms with Crippen LogP contribution in [0.5, 0.6) is 0 Å². The minimum Gasteiger partial charge on any atom is -0.299 e. The fraction of sp³-hybridized carbons (Fsp3) is 0.900. The van der Waals surface area contributed by atoms with Crippen LogP contribution < -0.4 is 0 Å². The van der Waals surface area contributed by atoms with E-state index in [9.17, 15) is 10.0 Å². The van der Waals surface area contributed by atoms with E-state index in [2.05, 4.69) is 0 Å². The first-order valence-electron chi connectivity index (χ1n) is 4.70. The molecule has 1 atom stereocenters. The fourth-order valence-electron chi connectivity index (χ4n) is 2.00. The van der Waals surface area contributed by atoms with Gasteiger partial charge in [0.15, 0.2) is 0 Å². The third-order valence-electron chi connectivity index (χ3n) is 3.22. The van der Waals surface area contributed by atoms with Gasteiger partial charge in [0.1, 0.15) is 5.78 Å². The van der Waals surface area contributed by atoms with Crippen LogP contribution in [0, 0.1) is 5.92 Å². The molecule has 0 aromatic heterocycles. The third-order valence-corrected chi connectivity index (χ3v) is 3.22. The second-order valence-corrected chi connectivity index (χ2v) is 5.13. The van der Waals surface area contributed by atoms with Crippen molar-refractivity contribution in [3.63, 3.8) is 0 Å². The lowest BCUT2D eigenvalue weighted by Gasteiger charge is -2.49. The van der Waals surface area contributed by atoms with E-state index in [1.54, 1.807) is 0 Å². The molecule has 75 valence electrons. The molecule has 0 aromatic rings. The smallest absolute Gasteiger partial charge is 0.139 e. The maximum Gasteiger partial charge on any atom is 0.139 e. The molecule has 0 amide bonds. The van der Waals surface area contributed by atoms with Crippen LogP contribution in [0.3, 0.4) is 0 Å². The number of piperidine rings is 1. The second kappa shape index (κ2) is 2.79. The first-order valence-corrected chi connectivity index (χ1v) is 4.70. The van der Waals surface area contributed by atoms with E-state index >= 15 is 0 Å². The summed E-state index contributed by atoms with van der Waals surface area (Å²) in [5, 5.41) is 13.0. The molecule has 1 unspecified atom stereocenters. The number of Topliss-reactive ketones (excluding diaryl/α,β-unsaturated/α-hetero) is 1. The van der Waals surface area contributed by atoms with E-state index in [-0.39, 0.29) is 11.7 Å². The first kappa shape index (κ1) is 10.7. The minimum atomic E-state index is -0.571. The number of carbonyl (C=O) groups excluding carboxylic acids is 1. The van der Waals surface area contributed by atoms with Gasteiger partial charge in [-0.3, -0.25) is 4.79 Å². The molecule has 0 N–H and O–H groups in total. The summed E-state index contributed by atoms with van der Waals surface area (Å²) in [4.78, 5) is 11.6. The van der Waals surface area contributed by atoms with Gasteiger partial charge in [-0.1, -0.05) is 6.92 Å². The Kier molecular flexibility index (Phi) is 2.29. The van der Waals surface area contributed by atoms with Crippen LogP contribution in [-0.2, 0) is 10.0 Å². The summed E-state index contributed by atoms with van der Waals surface area (Å²) in [5.74, 6) is 0.0279. The molecule has 3 nitrogen and oxygen atoms in total. The normalized spacial score (nSPS) is 33.4. The van der Waals surface area contributed by atoms with Gasteiger partial charge in [0, 0.05) is 12.3 Å². The predicted molar refractivity (Wildman–Crippen MR) is 49.5 cm³/mol. The van der Waals surface area contributed by atoms with Crippen LogP contribution in [0.25, 0.3) is 0 Å². The molecule has 1 heterocycles. The summed E-state index contributed by atoms with van der Waals surface area (Å²) in [6, 6.07) is 0. The van der Waals surface area contributed by atoms with Crippen LogP contribution in [-0.4, -0.2) is 21.9 Å². The van der Waals surface area contributed by atoms with E-state index in [1.807, 2.05) is 34.6 Å². The van der Waals surface area contributed by atoms with Crippen LogP contribution in [0.1, 0.15) is 41.0 Å². The molecule has 1 saturated heterocycles. The molecule has 0 aliphatic carbocycles. The molecule has 0 bridgehead atoms. The number of hydroxylamine groups is 2. The quantitative estimate of drug-likeness (QED) is 0.576. The lowest BCUT2D eigenvalue weighted by atomic mass is 9.74. The van der Waals surface area contributed by atoms with Crippen molar-refractivity contribution < 1.29 is 10.0 Å². The van der Waals surface area contributed by atoms with Gasteiger partial charge in [-0.2, -0.15) is 0 Å². The zero-order chi connectivity index (χ0) is 10.4. The molecule has 1 radical (unpaired) electrons. The Labute approximate surface area is 79.7 Å². The van der Waals surface area contributed by atoms with Crippen molar-refractivity contribution in [1.82, 2.24) is 5.06 Å². The number of rotatable bonds is 0. The van der Waals surface area contributed by atoms with E-state index in [1.165, 1.54) is 0 Å². The molecule has 13 heavy (non-hydrogen) atoms. The Balaban J connectivity index is 3.03. The lowest BCUT2D eigenvalue weighted by molar-refractivity contribution is -0.290. The molecule has 1 fully saturated rings. The van der Waals surface area contributed by atoms with E-state index in [4.69, 9.17) is 0 Å². The highest BCUT2D eigenvalue weighted by Gasteiger charge is 2.50. The van der Waals surface area contributed by atoms with E-state index in [0.717, 1.165) is 5.06 Å². The molecule has 3 heteroatoms. The lowest BCUT2D eigenvalue weighted by Crippen LogP contribution is -2.62. The van der Waals surface area contributed by atoms with Crippen LogP contribution in [0.4, 0.5) is 0 Å². The summed E-state index contributed by atoms with van der Waals surface area (Å²) in [6.07, 6.45) is 0.362. The molecule has 1 aliphatic heterocycles. The molecule has 0 spiro atoms. The number of ketones is 1. The van der Waals surface area contributed by atoms with Gasteiger partial charge in [-0.25, -0.2) is 0 Å². The zero-order valence-electron chi connectivity index (χ0n) is 9.05. The standard InChI is InChI=1S/C10H18NO2/c1-7-8(12)6-9(2,3)11(13)10(7,4)5/h7H,6H2,1-5H3. The van der Waals surface area contributed by atoms with Crippen molar-refractivity contribution in [1.29, 1.82) is 0 Å². The van der Waals surface area contributed by atoms with Gasteiger partial charge >= 0.3 is 0 Å². The number of carbonyl (C=O) groups is 1. The highest BCUT2D eigenvalue weighted by Crippen LogP contribution is 2.38. The summed E-state index contributed by atoms with van der Waals surface area (Å²) in [6.45, 7) is 9.16. The van der Waals surface area contributed by atoms with Gasteiger partial charge in [-0.15, -0.1) is 10.3 Å². The predicted octanol–water partition coefficient (Wildman–Crippen LogP) is 1.80. The van der Waals surface area contributed by atoms with Gasteiger partial charge in [0.05, 0.1) is 11.1 Å². The van der Waals surface area contributed by atoms with Crippen LogP contribution >= 0.6 is 0 Å². The Morgan fingerprint density at radius 3 is 2.23 bits per heavy atom. The fourth-order valence-corrected chi connectivity index (χ4v) is 2.00. The topological polar surface area (TPSA) is 40.2 Å². The molecule has 1 aliphatic rings. The van der Waals surface area contributed by atoms with Crippen molar-refractivity contribution in [2.45, 2.75) is 52.1 Å². The Bertz CT molecular complexity index is 233. The SMILES string of the molecule is CC1C(=O)CC(C)(C)N([O])C1(C)C. The largest absolute Gasteiger partial charge is 0.299 e. The summed E-state index contributed by atoms with van der Waals surface area (Å²) in [7, 11) is 0. The first-order chi connectivity index (χ1) is 5.69. The Hall–Kier alpha value is -0.410. The number of hydrogen-bond donors (Lipinski definition) is 0. The molecule has 0 saturated carbocycles.